The lowest BCUT2D eigenvalue weighted by Gasteiger charge is -2.15. The summed E-state index contributed by atoms with van der Waals surface area (Å²) in [5, 5.41) is 0. The van der Waals surface area contributed by atoms with E-state index in [1.54, 1.807) is 0 Å². The van der Waals surface area contributed by atoms with Crippen LogP contribution in [0.1, 0.15) is 0 Å². The molecule has 0 unspecified atom stereocenters. The van der Waals surface area contributed by atoms with Gasteiger partial charge in [-0.25, -0.2) is 0 Å². The van der Waals surface area contributed by atoms with Gasteiger partial charge in [-0.3, -0.25) is 9.59 Å². The number of amides is 2. The van der Waals surface area contributed by atoms with E-state index < -0.39 is 11.8 Å². The number of likely N-dealkylation sites (N-methyl/N-ethyl adjacent to an activating group) is 1. The lowest BCUT2D eigenvalue weighted by Crippen LogP contribution is -2.34. The Hall–Kier alpha value is -1.17. The van der Waals surface area contributed by atoms with E-state index in [4.69, 9.17) is 7.98 Å². The van der Waals surface area contributed by atoms with Gasteiger partial charge in [-0.05, 0) is 0 Å². The van der Waals surface area contributed by atoms with Crippen molar-refractivity contribution in [3.63, 3.8) is 0 Å². The first kappa shape index (κ1) is 11.8. The van der Waals surface area contributed by atoms with Crippen molar-refractivity contribution in [3.8, 4) is 0 Å². The van der Waals surface area contributed by atoms with Crippen molar-refractivity contribution >= 4 is 37.5 Å². The van der Waals surface area contributed by atoms with E-state index in [1.807, 2.05) is 0 Å². The summed E-state index contributed by atoms with van der Waals surface area (Å²) in [6.45, 7) is 3.32. The molecule has 0 aliphatic heterocycles. The van der Waals surface area contributed by atoms with Crippen LogP contribution in [-0.4, -0.2) is 49.1 Å². The predicted octanol–water partition coefficient (Wildman–Crippen LogP) is -0.500. The van der Waals surface area contributed by atoms with E-state index in [0.717, 1.165) is 5.49 Å². The quantitative estimate of drug-likeness (QED) is 0.201. The Morgan fingerprint density at radius 3 is 2.15 bits per heavy atom. The molecule has 0 spiro atoms. The Balaban J connectivity index is 4.53. The standard InChI is InChI=1S/C7H9BN2O2S/c1-5(6(11)9(2)3)7(12)10(8)4-13/h4H,1H2,2-3H3. The number of thiocarbonyl (C=S) groups is 1. The fraction of sp³-hybridized carbons (Fsp3) is 0.286. The summed E-state index contributed by atoms with van der Waals surface area (Å²) in [6.07, 6.45) is 0. The minimum atomic E-state index is -0.700. The monoisotopic (exact) mass is 196 g/mol. The van der Waals surface area contributed by atoms with Crippen LogP contribution in [0, 0.1) is 0 Å². The second-order valence-electron chi connectivity index (χ2n) is 2.50. The van der Waals surface area contributed by atoms with Gasteiger partial charge in [-0.15, -0.1) is 0 Å². The van der Waals surface area contributed by atoms with E-state index in [-0.39, 0.29) is 5.57 Å². The van der Waals surface area contributed by atoms with Crippen molar-refractivity contribution in [1.82, 2.24) is 9.71 Å². The number of carbonyl (C=O) groups excluding carboxylic acids is 2. The summed E-state index contributed by atoms with van der Waals surface area (Å²) in [5.41, 5.74) is 0.727. The molecule has 0 aromatic carbocycles. The summed E-state index contributed by atoms with van der Waals surface area (Å²) in [4.78, 5) is 24.2. The first-order valence-electron chi connectivity index (χ1n) is 3.36. The van der Waals surface area contributed by atoms with Crippen LogP contribution in [0.25, 0.3) is 0 Å². The molecule has 0 saturated heterocycles. The summed E-state index contributed by atoms with van der Waals surface area (Å²) in [6, 6.07) is 0. The average Bonchev–Trinajstić information content (AvgIpc) is 2.12. The number of hydrogen-bond donors (Lipinski definition) is 0. The first-order valence-corrected chi connectivity index (χ1v) is 3.83. The topological polar surface area (TPSA) is 40.6 Å². The van der Waals surface area contributed by atoms with Gasteiger partial charge >= 0.3 is 0 Å². The molecule has 0 aliphatic rings. The van der Waals surface area contributed by atoms with Gasteiger partial charge in [0.1, 0.15) is 0 Å². The number of hydrogen-bond acceptors (Lipinski definition) is 3. The number of carbonyl (C=O) groups is 2. The molecule has 0 rings (SSSR count). The van der Waals surface area contributed by atoms with Crippen LogP contribution in [-0.2, 0) is 9.59 Å². The highest BCUT2D eigenvalue weighted by Crippen LogP contribution is 1.99. The Bertz CT molecular complexity index is 265. The van der Waals surface area contributed by atoms with E-state index in [2.05, 4.69) is 18.8 Å². The minimum absolute atomic E-state index is 0.214. The van der Waals surface area contributed by atoms with Crippen molar-refractivity contribution in [3.05, 3.63) is 12.2 Å². The third kappa shape index (κ3) is 2.98. The Morgan fingerprint density at radius 1 is 1.38 bits per heavy atom. The molecule has 0 N–H and O–H groups in total. The van der Waals surface area contributed by atoms with Crippen molar-refractivity contribution in [2.75, 3.05) is 14.1 Å². The molecule has 2 radical (unpaired) electrons. The lowest BCUT2D eigenvalue weighted by molar-refractivity contribution is -0.129. The zero-order valence-corrected chi connectivity index (χ0v) is 8.30. The van der Waals surface area contributed by atoms with E-state index in [0.29, 0.717) is 4.81 Å². The van der Waals surface area contributed by atoms with Gasteiger partial charge in [0.05, 0.1) is 11.1 Å². The van der Waals surface area contributed by atoms with Gasteiger partial charge < -0.3 is 9.71 Å². The van der Waals surface area contributed by atoms with Gasteiger partial charge in [0.15, 0.2) is 0 Å². The van der Waals surface area contributed by atoms with Crippen LogP contribution in [0.4, 0.5) is 0 Å². The van der Waals surface area contributed by atoms with Gasteiger partial charge in [0, 0.05) is 14.1 Å². The molecule has 0 fully saturated rings. The maximum absolute atomic E-state index is 11.2. The molecule has 0 atom stereocenters. The zero-order chi connectivity index (χ0) is 10.6. The SMILES string of the molecule is [B]N(C=S)C(=O)C(=C)C(=O)N(C)C. The molecule has 68 valence electrons. The van der Waals surface area contributed by atoms with Crippen LogP contribution in [0.5, 0.6) is 0 Å². The van der Waals surface area contributed by atoms with E-state index >= 15 is 0 Å². The molecule has 0 saturated carbocycles. The molecule has 4 nitrogen and oxygen atoms in total. The zero-order valence-electron chi connectivity index (χ0n) is 7.48. The van der Waals surface area contributed by atoms with E-state index in [1.165, 1.54) is 19.0 Å². The number of nitrogens with zero attached hydrogens (tertiary/aromatic N) is 2. The molecule has 0 bridgehead atoms. The average molecular weight is 196 g/mol. The van der Waals surface area contributed by atoms with Crippen molar-refractivity contribution < 1.29 is 9.59 Å². The van der Waals surface area contributed by atoms with Crippen molar-refractivity contribution in [1.29, 1.82) is 0 Å². The highest BCUT2D eigenvalue weighted by atomic mass is 32.1. The van der Waals surface area contributed by atoms with Crippen LogP contribution < -0.4 is 0 Å². The third-order valence-electron chi connectivity index (χ3n) is 1.27. The highest BCUT2D eigenvalue weighted by molar-refractivity contribution is 7.79. The highest BCUT2D eigenvalue weighted by Gasteiger charge is 2.19. The molecule has 6 heteroatoms. The number of rotatable bonds is 3. The normalized spacial score (nSPS) is 8.77. The van der Waals surface area contributed by atoms with Crippen molar-refractivity contribution in [2.24, 2.45) is 0 Å². The Labute approximate surface area is 83.6 Å². The largest absolute Gasteiger partial charge is 0.362 e. The van der Waals surface area contributed by atoms with Gasteiger partial charge in [-0.2, -0.15) is 0 Å². The molecule has 2 amide bonds. The fourth-order valence-electron chi connectivity index (χ4n) is 0.565. The maximum Gasteiger partial charge on any atom is 0.258 e. The molecular weight excluding hydrogens is 187 g/mol. The smallest absolute Gasteiger partial charge is 0.258 e. The van der Waals surface area contributed by atoms with Gasteiger partial charge in [0.25, 0.3) is 5.91 Å². The fourth-order valence-corrected chi connectivity index (χ4v) is 0.661. The molecular formula is C7H9BN2O2S. The Kier molecular flexibility index (Phi) is 4.34. The molecule has 0 aromatic heterocycles. The molecule has 0 aromatic rings. The van der Waals surface area contributed by atoms with Crippen LogP contribution >= 0.6 is 12.2 Å². The third-order valence-corrected chi connectivity index (χ3v) is 1.50. The molecule has 13 heavy (non-hydrogen) atoms. The minimum Gasteiger partial charge on any atom is -0.362 e. The summed E-state index contributed by atoms with van der Waals surface area (Å²) in [5.74, 6) is -1.19. The Morgan fingerprint density at radius 2 is 1.85 bits per heavy atom. The predicted molar refractivity (Wildman–Crippen MR) is 54.1 cm³/mol. The molecule has 0 heterocycles. The molecule has 0 aliphatic carbocycles. The van der Waals surface area contributed by atoms with Crippen molar-refractivity contribution in [2.45, 2.75) is 0 Å². The van der Waals surface area contributed by atoms with Gasteiger partial charge in [-0.1, -0.05) is 18.8 Å². The second kappa shape index (κ2) is 4.76. The second-order valence-corrected chi connectivity index (χ2v) is 2.71. The lowest BCUT2D eigenvalue weighted by atomic mass is 10.2. The summed E-state index contributed by atoms with van der Waals surface area (Å²) in [7, 11) is 8.17. The first-order chi connectivity index (χ1) is 5.91. The van der Waals surface area contributed by atoms with Crippen LogP contribution in [0.2, 0.25) is 0 Å². The maximum atomic E-state index is 11.2. The van der Waals surface area contributed by atoms with Gasteiger partial charge in [0.2, 0.25) is 13.9 Å². The van der Waals surface area contributed by atoms with E-state index in [9.17, 15) is 9.59 Å². The van der Waals surface area contributed by atoms with Crippen LogP contribution in [0.3, 0.4) is 0 Å². The summed E-state index contributed by atoms with van der Waals surface area (Å²) >= 11 is 4.41. The summed E-state index contributed by atoms with van der Waals surface area (Å²) < 4.78 is 0. The van der Waals surface area contributed by atoms with Crippen LogP contribution in [0.15, 0.2) is 12.2 Å².